The van der Waals surface area contributed by atoms with Gasteiger partial charge in [0.25, 0.3) is 0 Å². The fourth-order valence-electron chi connectivity index (χ4n) is 3.17. The summed E-state index contributed by atoms with van der Waals surface area (Å²) in [6, 6.07) is 0. The van der Waals surface area contributed by atoms with E-state index in [-0.39, 0.29) is 11.3 Å². The highest BCUT2D eigenvalue weighted by molar-refractivity contribution is 5.72. The van der Waals surface area contributed by atoms with Gasteiger partial charge in [-0.25, -0.2) is 4.79 Å². The number of aliphatic hydroxyl groups excluding tert-OH is 2. The SMILES string of the molecule is CC1(C)CCC(O)C2=C1C[C@H](C(O)C(=O)O)C2. The van der Waals surface area contributed by atoms with Crippen LogP contribution in [0, 0.1) is 11.3 Å². The van der Waals surface area contributed by atoms with Crippen molar-refractivity contribution in [3.8, 4) is 0 Å². The maximum absolute atomic E-state index is 10.8. The number of rotatable bonds is 2. The molecule has 17 heavy (non-hydrogen) atoms. The van der Waals surface area contributed by atoms with Crippen LogP contribution in [0.3, 0.4) is 0 Å². The lowest BCUT2D eigenvalue weighted by Gasteiger charge is -2.34. The smallest absolute Gasteiger partial charge is 0.332 e. The number of carboxylic acids is 1. The molecule has 2 rings (SSSR count). The Morgan fingerprint density at radius 1 is 1.41 bits per heavy atom. The van der Waals surface area contributed by atoms with Crippen LogP contribution in [0.4, 0.5) is 0 Å². The van der Waals surface area contributed by atoms with Crippen molar-refractivity contribution in [1.29, 1.82) is 0 Å². The van der Waals surface area contributed by atoms with Crippen LogP contribution in [0.15, 0.2) is 11.1 Å². The second-order valence-corrected chi connectivity index (χ2v) is 5.89. The summed E-state index contributed by atoms with van der Waals surface area (Å²) in [7, 11) is 0. The Hall–Kier alpha value is -0.870. The normalized spacial score (nSPS) is 33.4. The van der Waals surface area contributed by atoms with Gasteiger partial charge in [-0.15, -0.1) is 0 Å². The van der Waals surface area contributed by atoms with Crippen molar-refractivity contribution in [2.45, 2.75) is 51.7 Å². The molecule has 3 N–H and O–H groups in total. The Kier molecular flexibility index (Phi) is 3.04. The zero-order chi connectivity index (χ0) is 12.8. The number of allylic oxidation sites excluding steroid dienone is 1. The van der Waals surface area contributed by atoms with E-state index in [0.29, 0.717) is 12.8 Å². The van der Waals surface area contributed by atoms with Crippen molar-refractivity contribution in [1.82, 2.24) is 0 Å². The summed E-state index contributed by atoms with van der Waals surface area (Å²) in [5, 5.41) is 28.4. The number of aliphatic carboxylic acids is 1. The van der Waals surface area contributed by atoms with Crippen LogP contribution in [-0.2, 0) is 4.79 Å². The highest BCUT2D eigenvalue weighted by Crippen LogP contribution is 2.50. The third-order valence-electron chi connectivity index (χ3n) is 4.30. The molecule has 0 fully saturated rings. The van der Waals surface area contributed by atoms with Crippen molar-refractivity contribution >= 4 is 5.97 Å². The van der Waals surface area contributed by atoms with Crippen LogP contribution >= 0.6 is 0 Å². The molecule has 96 valence electrons. The second-order valence-electron chi connectivity index (χ2n) is 5.89. The number of hydrogen-bond acceptors (Lipinski definition) is 3. The first-order chi connectivity index (χ1) is 7.83. The van der Waals surface area contributed by atoms with E-state index in [0.717, 1.165) is 18.4 Å². The topological polar surface area (TPSA) is 77.8 Å². The molecule has 0 saturated heterocycles. The molecule has 0 amide bonds. The van der Waals surface area contributed by atoms with Crippen LogP contribution in [0.1, 0.15) is 39.5 Å². The van der Waals surface area contributed by atoms with Crippen molar-refractivity contribution < 1.29 is 20.1 Å². The van der Waals surface area contributed by atoms with E-state index in [1.165, 1.54) is 5.57 Å². The Bertz CT molecular complexity index is 370. The summed E-state index contributed by atoms with van der Waals surface area (Å²) in [5.74, 6) is -1.44. The lowest BCUT2D eigenvalue weighted by molar-refractivity contribution is -0.149. The van der Waals surface area contributed by atoms with Gasteiger partial charge in [0.1, 0.15) is 0 Å². The monoisotopic (exact) mass is 240 g/mol. The molecule has 0 spiro atoms. The minimum atomic E-state index is -1.32. The molecular formula is C13H20O4. The molecule has 0 heterocycles. The minimum absolute atomic E-state index is 0.0293. The molecule has 0 aliphatic heterocycles. The van der Waals surface area contributed by atoms with Crippen molar-refractivity contribution in [3.05, 3.63) is 11.1 Å². The number of carboxylic acid groups (broad SMARTS) is 1. The molecule has 0 aromatic carbocycles. The van der Waals surface area contributed by atoms with E-state index in [4.69, 9.17) is 5.11 Å². The van der Waals surface area contributed by atoms with Gasteiger partial charge in [0.2, 0.25) is 0 Å². The van der Waals surface area contributed by atoms with E-state index in [2.05, 4.69) is 13.8 Å². The van der Waals surface area contributed by atoms with Gasteiger partial charge in [-0.3, -0.25) is 0 Å². The summed E-state index contributed by atoms with van der Waals surface area (Å²) in [6.07, 6.45) is 1.03. The molecule has 2 aliphatic carbocycles. The van der Waals surface area contributed by atoms with Gasteiger partial charge in [0.05, 0.1) is 6.10 Å². The van der Waals surface area contributed by atoms with E-state index in [1.54, 1.807) is 0 Å². The predicted molar refractivity (Wildman–Crippen MR) is 62.4 cm³/mol. The molecule has 0 saturated carbocycles. The molecule has 0 aromatic rings. The molecule has 2 aliphatic rings. The van der Waals surface area contributed by atoms with Crippen LogP contribution in [0.25, 0.3) is 0 Å². The minimum Gasteiger partial charge on any atom is -0.479 e. The first kappa shape index (κ1) is 12.6. The van der Waals surface area contributed by atoms with Crippen LogP contribution in [-0.4, -0.2) is 33.5 Å². The fourth-order valence-corrected chi connectivity index (χ4v) is 3.17. The van der Waals surface area contributed by atoms with Gasteiger partial charge in [0.15, 0.2) is 6.10 Å². The zero-order valence-corrected chi connectivity index (χ0v) is 10.3. The average molecular weight is 240 g/mol. The van der Waals surface area contributed by atoms with Gasteiger partial charge < -0.3 is 15.3 Å². The third-order valence-corrected chi connectivity index (χ3v) is 4.30. The first-order valence-corrected chi connectivity index (χ1v) is 6.14. The summed E-state index contributed by atoms with van der Waals surface area (Å²) in [4.78, 5) is 10.8. The van der Waals surface area contributed by atoms with Crippen molar-refractivity contribution in [3.63, 3.8) is 0 Å². The Balaban J connectivity index is 2.21. The number of aliphatic hydroxyl groups is 2. The Morgan fingerprint density at radius 3 is 2.59 bits per heavy atom. The van der Waals surface area contributed by atoms with Crippen molar-refractivity contribution in [2.24, 2.45) is 11.3 Å². The van der Waals surface area contributed by atoms with Crippen molar-refractivity contribution in [2.75, 3.05) is 0 Å². The Labute approximate surface area is 101 Å². The molecule has 4 nitrogen and oxygen atoms in total. The largest absolute Gasteiger partial charge is 0.479 e. The van der Waals surface area contributed by atoms with Gasteiger partial charge >= 0.3 is 5.97 Å². The van der Waals surface area contributed by atoms with E-state index < -0.39 is 18.2 Å². The lowest BCUT2D eigenvalue weighted by atomic mass is 9.72. The van der Waals surface area contributed by atoms with E-state index in [9.17, 15) is 15.0 Å². The standard InChI is InChI=1S/C13H20O4/c1-13(2)4-3-10(14)8-5-7(6-9(8)13)11(15)12(16)17/h7,10-11,14-15H,3-6H2,1-2H3,(H,16,17)/t7-,10?,11?/m1/s1. The predicted octanol–water partition coefficient (Wildman–Crippen LogP) is 1.32. The Morgan fingerprint density at radius 2 is 2.06 bits per heavy atom. The number of hydrogen-bond donors (Lipinski definition) is 3. The summed E-state index contributed by atoms with van der Waals surface area (Å²) < 4.78 is 0. The maximum atomic E-state index is 10.8. The molecule has 0 bridgehead atoms. The average Bonchev–Trinajstić information content (AvgIpc) is 2.69. The lowest BCUT2D eigenvalue weighted by Crippen LogP contribution is -2.28. The van der Waals surface area contributed by atoms with Gasteiger partial charge in [-0.05, 0) is 36.7 Å². The molecular weight excluding hydrogens is 220 g/mol. The molecule has 0 aromatic heterocycles. The first-order valence-electron chi connectivity index (χ1n) is 6.14. The second kappa shape index (κ2) is 4.10. The summed E-state index contributed by atoms with van der Waals surface area (Å²) >= 11 is 0. The van der Waals surface area contributed by atoms with Crippen LogP contribution in [0.5, 0.6) is 0 Å². The highest BCUT2D eigenvalue weighted by Gasteiger charge is 2.42. The van der Waals surface area contributed by atoms with E-state index >= 15 is 0 Å². The quantitative estimate of drug-likeness (QED) is 0.636. The van der Waals surface area contributed by atoms with Gasteiger partial charge in [-0.2, -0.15) is 0 Å². The summed E-state index contributed by atoms with van der Waals surface area (Å²) in [5.41, 5.74) is 2.18. The molecule has 4 heteroatoms. The number of carbonyl (C=O) groups is 1. The fraction of sp³-hybridized carbons (Fsp3) is 0.769. The van der Waals surface area contributed by atoms with Crippen LogP contribution in [0.2, 0.25) is 0 Å². The van der Waals surface area contributed by atoms with Gasteiger partial charge in [-0.1, -0.05) is 19.4 Å². The van der Waals surface area contributed by atoms with E-state index in [1.807, 2.05) is 0 Å². The highest BCUT2D eigenvalue weighted by atomic mass is 16.4. The van der Waals surface area contributed by atoms with Crippen LogP contribution < -0.4 is 0 Å². The summed E-state index contributed by atoms with van der Waals surface area (Å²) in [6.45, 7) is 4.26. The molecule has 0 radical (unpaired) electrons. The van der Waals surface area contributed by atoms with Gasteiger partial charge in [0, 0.05) is 5.92 Å². The third kappa shape index (κ3) is 2.11. The molecule has 2 unspecified atom stereocenters. The molecule has 3 atom stereocenters. The maximum Gasteiger partial charge on any atom is 0.332 e. The zero-order valence-electron chi connectivity index (χ0n) is 10.3.